The number of methoxy groups -OCH3 is 1. The molecule has 5 nitrogen and oxygen atoms in total. The van der Waals surface area contributed by atoms with Gasteiger partial charge in [-0.3, -0.25) is 0 Å². The highest BCUT2D eigenvalue weighted by atomic mass is 16.5. The third kappa shape index (κ3) is 2.76. The number of hydrogen-bond donors (Lipinski definition) is 2. The van der Waals surface area contributed by atoms with Crippen molar-refractivity contribution in [3.63, 3.8) is 0 Å². The predicted octanol–water partition coefficient (Wildman–Crippen LogP) is 2.89. The third-order valence-electron chi connectivity index (χ3n) is 2.93. The Kier molecular flexibility index (Phi) is 3.85. The maximum atomic E-state index is 5.35. The Hall–Kier alpha value is -2.30. The number of nitrogens with zero attached hydrogens (tertiary/aromatic N) is 2. The number of aryl methyl sites for hydroxylation is 1. The fourth-order valence-electron chi connectivity index (χ4n) is 1.88. The average molecular weight is 258 g/mol. The lowest BCUT2D eigenvalue weighted by molar-refractivity contribution is 0.416. The number of nitrogens with one attached hydrogen (secondary N) is 2. The quantitative estimate of drug-likeness (QED) is 0.883. The molecule has 0 amide bonds. The van der Waals surface area contributed by atoms with Crippen molar-refractivity contribution in [1.82, 2.24) is 9.97 Å². The lowest BCUT2D eigenvalue weighted by atomic mass is 10.2. The number of hydrogen-bond acceptors (Lipinski definition) is 5. The number of anilines is 3. The van der Waals surface area contributed by atoms with E-state index < -0.39 is 0 Å². The molecule has 1 aromatic heterocycles. The standard InChI is InChI=1S/C14H18N4O/c1-9-5-6-12(19-4)11(7-9)18-14-10(2)13(15-3)16-8-17-14/h5-8H,1-4H3,(H2,15,16,17,18). The summed E-state index contributed by atoms with van der Waals surface area (Å²) < 4.78 is 5.35. The first kappa shape index (κ1) is 13.1. The van der Waals surface area contributed by atoms with Crippen LogP contribution < -0.4 is 15.4 Å². The van der Waals surface area contributed by atoms with Crippen LogP contribution in [0.25, 0.3) is 0 Å². The number of aromatic nitrogens is 2. The van der Waals surface area contributed by atoms with Gasteiger partial charge in [-0.05, 0) is 31.5 Å². The van der Waals surface area contributed by atoms with E-state index in [1.54, 1.807) is 7.11 Å². The fraction of sp³-hybridized carbons (Fsp3) is 0.286. The Balaban J connectivity index is 2.38. The van der Waals surface area contributed by atoms with E-state index >= 15 is 0 Å². The summed E-state index contributed by atoms with van der Waals surface area (Å²) >= 11 is 0. The van der Waals surface area contributed by atoms with E-state index in [1.165, 1.54) is 6.33 Å². The Bertz CT molecular complexity index is 584. The SMILES string of the molecule is CNc1ncnc(Nc2cc(C)ccc2OC)c1C. The van der Waals surface area contributed by atoms with Gasteiger partial charge in [0.1, 0.15) is 23.7 Å². The minimum absolute atomic E-state index is 0.767. The molecular weight excluding hydrogens is 240 g/mol. The first-order valence-corrected chi connectivity index (χ1v) is 6.06. The summed E-state index contributed by atoms with van der Waals surface area (Å²) in [4.78, 5) is 8.44. The molecule has 0 fully saturated rings. The summed E-state index contributed by atoms with van der Waals surface area (Å²) in [5.41, 5.74) is 3.02. The molecule has 0 radical (unpaired) electrons. The Morgan fingerprint density at radius 1 is 1.11 bits per heavy atom. The van der Waals surface area contributed by atoms with Crippen LogP contribution >= 0.6 is 0 Å². The van der Waals surface area contributed by atoms with Gasteiger partial charge in [0.15, 0.2) is 0 Å². The van der Waals surface area contributed by atoms with Crippen molar-refractivity contribution in [2.45, 2.75) is 13.8 Å². The van der Waals surface area contributed by atoms with E-state index in [2.05, 4.69) is 20.6 Å². The van der Waals surface area contributed by atoms with Gasteiger partial charge in [0, 0.05) is 12.6 Å². The van der Waals surface area contributed by atoms with Gasteiger partial charge in [-0.25, -0.2) is 9.97 Å². The highest BCUT2D eigenvalue weighted by Gasteiger charge is 2.09. The molecule has 0 saturated heterocycles. The third-order valence-corrected chi connectivity index (χ3v) is 2.93. The summed E-state index contributed by atoms with van der Waals surface area (Å²) in [6.07, 6.45) is 1.53. The second kappa shape index (κ2) is 5.56. The van der Waals surface area contributed by atoms with Crippen LogP contribution in [-0.2, 0) is 0 Å². The molecule has 0 saturated carbocycles. The van der Waals surface area contributed by atoms with Gasteiger partial charge in [0.05, 0.1) is 12.8 Å². The zero-order valence-corrected chi connectivity index (χ0v) is 11.6. The summed E-state index contributed by atoms with van der Waals surface area (Å²) in [5.74, 6) is 2.36. The molecule has 0 bridgehead atoms. The van der Waals surface area contributed by atoms with Crippen molar-refractivity contribution in [3.05, 3.63) is 35.7 Å². The van der Waals surface area contributed by atoms with E-state index in [0.29, 0.717) is 0 Å². The molecule has 0 aliphatic carbocycles. The lowest BCUT2D eigenvalue weighted by Gasteiger charge is -2.14. The summed E-state index contributed by atoms with van der Waals surface area (Å²) in [7, 11) is 3.49. The van der Waals surface area contributed by atoms with Crippen LogP contribution in [0.5, 0.6) is 5.75 Å². The minimum atomic E-state index is 0.767. The van der Waals surface area contributed by atoms with Gasteiger partial charge in [-0.2, -0.15) is 0 Å². The summed E-state index contributed by atoms with van der Waals surface area (Å²) in [5, 5.41) is 6.33. The molecule has 2 N–H and O–H groups in total. The van der Waals surface area contributed by atoms with E-state index in [9.17, 15) is 0 Å². The molecule has 2 aromatic rings. The van der Waals surface area contributed by atoms with Crippen LogP contribution in [0.3, 0.4) is 0 Å². The molecule has 1 aromatic carbocycles. The van der Waals surface area contributed by atoms with Crippen LogP contribution in [0.15, 0.2) is 24.5 Å². The van der Waals surface area contributed by atoms with Crippen molar-refractivity contribution in [2.75, 3.05) is 24.8 Å². The Morgan fingerprint density at radius 3 is 2.53 bits per heavy atom. The molecule has 0 aliphatic rings. The summed E-state index contributed by atoms with van der Waals surface area (Å²) in [6.45, 7) is 4.01. The van der Waals surface area contributed by atoms with Gasteiger partial charge in [-0.15, -0.1) is 0 Å². The molecule has 0 spiro atoms. The Morgan fingerprint density at radius 2 is 1.84 bits per heavy atom. The largest absolute Gasteiger partial charge is 0.495 e. The van der Waals surface area contributed by atoms with Crippen molar-refractivity contribution >= 4 is 17.3 Å². The van der Waals surface area contributed by atoms with Crippen molar-refractivity contribution < 1.29 is 4.74 Å². The molecule has 19 heavy (non-hydrogen) atoms. The van der Waals surface area contributed by atoms with E-state index in [-0.39, 0.29) is 0 Å². The lowest BCUT2D eigenvalue weighted by Crippen LogP contribution is -2.03. The maximum absolute atomic E-state index is 5.35. The smallest absolute Gasteiger partial charge is 0.142 e. The van der Waals surface area contributed by atoms with Crippen LogP contribution in [0.1, 0.15) is 11.1 Å². The van der Waals surface area contributed by atoms with Crippen LogP contribution in [0.2, 0.25) is 0 Å². The van der Waals surface area contributed by atoms with Crippen LogP contribution in [0.4, 0.5) is 17.3 Å². The molecule has 5 heteroatoms. The molecule has 0 aliphatic heterocycles. The van der Waals surface area contributed by atoms with Crippen LogP contribution in [-0.4, -0.2) is 24.1 Å². The predicted molar refractivity (Wildman–Crippen MR) is 77.3 cm³/mol. The normalized spacial score (nSPS) is 10.1. The monoisotopic (exact) mass is 258 g/mol. The zero-order chi connectivity index (χ0) is 13.8. The van der Waals surface area contributed by atoms with Gasteiger partial charge in [-0.1, -0.05) is 6.07 Å². The molecule has 0 atom stereocenters. The zero-order valence-electron chi connectivity index (χ0n) is 11.6. The first-order chi connectivity index (χ1) is 9.15. The fourth-order valence-corrected chi connectivity index (χ4v) is 1.88. The molecule has 2 rings (SSSR count). The number of benzene rings is 1. The van der Waals surface area contributed by atoms with E-state index in [0.717, 1.165) is 34.2 Å². The molecule has 1 heterocycles. The van der Waals surface area contributed by atoms with E-state index in [4.69, 9.17) is 4.74 Å². The van der Waals surface area contributed by atoms with Crippen LogP contribution in [0, 0.1) is 13.8 Å². The van der Waals surface area contributed by atoms with Crippen molar-refractivity contribution in [3.8, 4) is 5.75 Å². The number of rotatable bonds is 4. The molecule has 100 valence electrons. The highest BCUT2D eigenvalue weighted by Crippen LogP contribution is 2.29. The topological polar surface area (TPSA) is 59.1 Å². The van der Waals surface area contributed by atoms with Crippen molar-refractivity contribution in [2.24, 2.45) is 0 Å². The number of ether oxygens (including phenoxy) is 1. The van der Waals surface area contributed by atoms with Gasteiger partial charge in [0.25, 0.3) is 0 Å². The van der Waals surface area contributed by atoms with Gasteiger partial charge < -0.3 is 15.4 Å². The van der Waals surface area contributed by atoms with E-state index in [1.807, 2.05) is 39.1 Å². The second-order valence-corrected chi connectivity index (χ2v) is 4.27. The Labute approximate surface area is 113 Å². The first-order valence-electron chi connectivity index (χ1n) is 6.06. The molecular formula is C14H18N4O. The maximum Gasteiger partial charge on any atom is 0.142 e. The highest BCUT2D eigenvalue weighted by molar-refractivity contribution is 5.69. The van der Waals surface area contributed by atoms with Gasteiger partial charge in [0.2, 0.25) is 0 Å². The summed E-state index contributed by atoms with van der Waals surface area (Å²) in [6, 6.07) is 5.97. The van der Waals surface area contributed by atoms with Gasteiger partial charge >= 0.3 is 0 Å². The van der Waals surface area contributed by atoms with Crippen molar-refractivity contribution in [1.29, 1.82) is 0 Å². The second-order valence-electron chi connectivity index (χ2n) is 4.27. The average Bonchev–Trinajstić information content (AvgIpc) is 2.41. The minimum Gasteiger partial charge on any atom is -0.495 e. The molecule has 0 unspecified atom stereocenters.